The predicted octanol–water partition coefficient (Wildman–Crippen LogP) is 25.2. The Morgan fingerprint density at radius 1 is 0.356 bits per heavy atom. The minimum atomic E-state index is 0.0505. The summed E-state index contributed by atoms with van der Waals surface area (Å²) in [6, 6.07) is 23.7. The van der Waals surface area contributed by atoms with E-state index in [4.69, 9.17) is 0 Å². The second kappa shape index (κ2) is 34.3. The van der Waals surface area contributed by atoms with Gasteiger partial charge in [-0.05, 0) is 50.2 Å². The van der Waals surface area contributed by atoms with Gasteiger partial charge in [0.25, 0.3) is 0 Å². The summed E-state index contributed by atoms with van der Waals surface area (Å²) in [6.07, 6.45) is 42.4. The summed E-state index contributed by atoms with van der Waals surface area (Å²) < 4.78 is 11.9. The number of aryl methyl sites for hydroxylation is 2. The van der Waals surface area contributed by atoms with Gasteiger partial charge in [-0.1, -0.05) is 220 Å². The molecule has 0 fully saturated rings. The summed E-state index contributed by atoms with van der Waals surface area (Å²) in [5.74, 6) is 1.08. The first-order valence-electron chi connectivity index (χ1n) is 34.5. The molecular weight excluding hydrogens is 1310 g/mol. The summed E-state index contributed by atoms with van der Waals surface area (Å²) in [6.45, 7) is 15.0. The number of carbonyl (C=O) groups excluding carboxylic acids is 2. The zero-order valence-corrected chi connectivity index (χ0v) is 62.0. The topological polar surface area (TPSA) is 40.6 Å². The van der Waals surface area contributed by atoms with Gasteiger partial charge in [-0.25, -0.2) is 0 Å². The van der Waals surface area contributed by atoms with Crippen LogP contribution < -0.4 is 0 Å². The van der Waals surface area contributed by atoms with E-state index in [1.54, 1.807) is 35.6 Å². The van der Waals surface area contributed by atoms with E-state index < -0.39 is 0 Å². The SMILES string of the molecule is CCCCCCCCCCC(CCCCCCCC)CCN1C(=O)C2=C(c3ccc(C)s3)N(CC(CCCCCCCC)CCCCCCCCCC)C(=O)C2=C1c1ccc(-c2cc3sc(-c4cc5[se]c(-c6cc7sc(C)cc7s6)cc5[se]4)cc3s2)s1. The minimum absolute atomic E-state index is 0.0505. The van der Waals surface area contributed by atoms with Crippen LogP contribution in [0.15, 0.2) is 71.8 Å². The predicted molar refractivity (Wildman–Crippen MR) is 392 cm³/mol. The third kappa shape index (κ3) is 17.8. The Bertz CT molecular complexity index is 3410. The molecule has 0 spiro atoms. The van der Waals surface area contributed by atoms with Gasteiger partial charge >= 0.3 is 247 Å². The van der Waals surface area contributed by atoms with Crippen molar-refractivity contribution in [2.45, 2.75) is 253 Å². The number of thiophene rings is 6. The van der Waals surface area contributed by atoms with E-state index in [0.717, 1.165) is 40.4 Å². The summed E-state index contributed by atoms with van der Waals surface area (Å²) in [5.41, 5.74) is 3.13. The number of rotatable bonds is 42. The Kier molecular flexibility index (Phi) is 26.6. The number of unbranched alkanes of at least 4 members (excludes halogenated alkanes) is 24. The van der Waals surface area contributed by atoms with Crippen LogP contribution in [0.1, 0.15) is 259 Å². The molecule has 12 heteroatoms. The van der Waals surface area contributed by atoms with E-state index in [-0.39, 0.29) is 11.8 Å². The number of nitrogens with zero attached hydrogens (tertiary/aromatic N) is 2. The van der Waals surface area contributed by atoms with Gasteiger partial charge in [0.15, 0.2) is 0 Å². The molecule has 10 heterocycles. The van der Waals surface area contributed by atoms with E-state index in [2.05, 4.69) is 112 Å². The number of amides is 2. The van der Waals surface area contributed by atoms with Crippen LogP contribution in [-0.2, 0) is 9.59 Å². The zero-order valence-electron chi connectivity index (χ0n) is 53.7. The van der Waals surface area contributed by atoms with Crippen molar-refractivity contribution >= 4 is 148 Å². The van der Waals surface area contributed by atoms with Crippen LogP contribution in [0.25, 0.3) is 67.1 Å². The molecule has 0 saturated carbocycles. The molecule has 2 atom stereocenters. The molecule has 10 rings (SSSR count). The van der Waals surface area contributed by atoms with Crippen molar-refractivity contribution in [1.82, 2.24) is 9.80 Å². The van der Waals surface area contributed by atoms with E-state index in [9.17, 15) is 0 Å². The van der Waals surface area contributed by atoms with Gasteiger partial charge in [0.2, 0.25) is 0 Å². The van der Waals surface area contributed by atoms with Crippen LogP contribution in [-0.4, -0.2) is 63.7 Å². The molecule has 0 saturated heterocycles. The van der Waals surface area contributed by atoms with Crippen LogP contribution in [0.4, 0.5) is 0 Å². The average Bonchev–Trinajstić information content (AvgIpc) is 1.58. The van der Waals surface area contributed by atoms with Crippen LogP contribution in [0.2, 0.25) is 0 Å². The molecule has 2 amide bonds. The Morgan fingerprint density at radius 3 is 1.23 bits per heavy atom. The molecule has 0 aliphatic carbocycles. The maximum absolute atomic E-state index is 15.9. The van der Waals surface area contributed by atoms with Crippen LogP contribution in [0.5, 0.6) is 0 Å². The second-order valence-corrected chi connectivity index (χ2v) is 37.1. The maximum atomic E-state index is 15.9. The molecule has 2 aliphatic heterocycles. The molecule has 87 heavy (non-hydrogen) atoms. The Hall–Kier alpha value is -2.60. The van der Waals surface area contributed by atoms with Gasteiger partial charge in [0.05, 0.1) is 10.6 Å². The molecule has 8 aromatic rings. The van der Waals surface area contributed by atoms with E-state index in [1.165, 1.54) is 245 Å². The monoisotopic (exact) mass is 1410 g/mol. The Labute approximate surface area is 559 Å². The fraction of sp³-hybridized carbons (Fsp3) is 0.573. The van der Waals surface area contributed by atoms with Gasteiger partial charge in [-0.15, -0.1) is 11.3 Å². The normalized spacial score (nSPS) is 14.6. The molecule has 0 aromatic carbocycles. The summed E-state index contributed by atoms with van der Waals surface area (Å²) in [5, 5.41) is 0. The standard InChI is InChI=1S/C75H100N2O2S6Se2/c1-7-11-15-19-23-25-29-32-36-54(35-31-27-21-17-13-9-3)43-44-76-72(58-42-41-56(82-58)60-46-62-63(83-60)48-65(85-62)67-50-69-68(87-67)49-66(86-69)64-47-61-59(84-64)45-53(6)81-61)70-71(74(76)78)73(57-40-39-52(5)80-57)77(75(70)79)51-55(37-33-28-22-18-14-10-4)38-34-30-26-24-20-16-12-8-2/h39-42,45-50,54-55H,7-38,43-44,51H2,1-6H3. The first-order valence-corrected chi connectivity index (χ1v) is 42.8. The van der Waals surface area contributed by atoms with E-state index in [1.807, 2.05) is 45.3 Å². The van der Waals surface area contributed by atoms with Crippen LogP contribution in [0.3, 0.4) is 0 Å². The van der Waals surface area contributed by atoms with Crippen molar-refractivity contribution in [3.63, 3.8) is 0 Å². The molecule has 0 radical (unpaired) electrons. The Morgan fingerprint density at radius 2 is 0.747 bits per heavy atom. The second-order valence-electron chi connectivity index (χ2n) is 25.7. The van der Waals surface area contributed by atoms with Gasteiger partial charge in [-0.3, -0.25) is 9.59 Å². The van der Waals surface area contributed by atoms with Crippen molar-refractivity contribution in [3.05, 3.63) is 91.3 Å². The quantitative estimate of drug-likeness (QED) is 0.0283. The van der Waals surface area contributed by atoms with E-state index >= 15 is 9.59 Å². The first kappa shape index (κ1) is 67.3. The van der Waals surface area contributed by atoms with Crippen molar-refractivity contribution in [2.75, 3.05) is 13.1 Å². The average molecular weight is 1410 g/mol. The van der Waals surface area contributed by atoms with Gasteiger partial charge in [0.1, 0.15) is 0 Å². The molecule has 2 aliphatic rings. The van der Waals surface area contributed by atoms with Gasteiger partial charge < -0.3 is 4.90 Å². The first-order chi connectivity index (χ1) is 42.6. The number of carbonyl (C=O) groups is 2. The molecule has 8 aromatic heterocycles. The third-order valence-corrected chi connectivity index (χ3v) is 31.3. The molecule has 470 valence electrons. The van der Waals surface area contributed by atoms with E-state index in [0.29, 0.717) is 65.1 Å². The summed E-state index contributed by atoms with van der Waals surface area (Å²) in [7, 11) is 0. The van der Waals surface area contributed by atoms with Crippen LogP contribution >= 0.6 is 68.0 Å². The van der Waals surface area contributed by atoms with Crippen molar-refractivity contribution in [1.29, 1.82) is 0 Å². The molecule has 0 N–H and O–H groups in total. The molecular formula is C75H100N2O2S6Se2. The molecule has 2 unspecified atom stereocenters. The third-order valence-electron chi connectivity index (χ3n) is 18.5. The van der Waals surface area contributed by atoms with Gasteiger partial charge in [0, 0.05) is 11.4 Å². The number of fused-ring (bicyclic) bond motifs is 4. The number of hydrogen-bond donors (Lipinski definition) is 0. The summed E-state index contributed by atoms with van der Waals surface area (Å²) >= 11 is 12.0. The fourth-order valence-corrected chi connectivity index (χ4v) is 26.6. The molecule has 4 nitrogen and oxygen atoms in total. The fourth-order valence-electron chi connectivity index (χ4n) is 13.6. The number of hydrogen-bond acceptors (Lipinski definition) is 8. The van der Waals surface area contributed by atoms with Gasteiger partial charge in [-0.2, -0.15) is 0 Å². The summed E-state index contributed by atoms with van der Waals surface area (Å²) in [4.78, 5) is 46.2. The van der Waals surface area contributed by atoms with Crippen molar-refractivity contribution in [2.24, 2.45) is 11.8 Å². The van der Waals surface area contributed by atoms with Crippen molar-refractivity contribution in [3.8, 4) is 28.4 Å². The van der Waals surface area contributed by atoms with Crippen molar-refractivity contribution < 1.29 is 9.59 Å². The zero-order chi connectivity index (χ0) is 60.5. The Balaban J connectivity index is 0.933. The van der Waals surface area contributed by atoms with Crippen LogP contribution in [0, 0.1) is 25.7 Å². The molecule has 0 bridgehead atoms.